The molecule has 0 heterocycles. The lowest BCUT2D eigenvalue weighted by atomic mass is 10.2. The summed E-state index contributed by atoms with van der Waals surface area (Å²) in [5.41, 5.74) is -0.108. The summed E-state index contributed by atoms with van der Waals surface area (Å²) in [7, 11) is 0. The van der Waals surface area contributed by atoms with Crippen molar-refractivity contribution < 1.29 is 13.6 Å². The molecule has 16 heavy (non-hydrogen) atoms. The highest BCUT2D eigenvalue weighted by Gasteiger charge is 2.07. The Labute approximate surface area is 93.9 Å². The first-order valence-corrected chi connectivity index (χ1v) is 5.23. The van der Waals surface area contributed by atoms with E-state index in [1.165, 1.54) is 18.2 Å². The molecule has 0 amide bonds. The summed E-state index contributed by atoms with van der Waals surface area (Å²) in [5.74, 6) is -1.24. The molecule has 0 fully saturated rings. The number of nitrogens with zero attached hydrogens (tertiary/aromatic N) is 1. The van der Waals surface area contributed by atoms with Gasteiger partial charge in [0.15, 0.2) is 0 Å². The first kappa shape index (κ1) is 12.6. The maximum atomic E-state index is 13.1. The van der Waals surface area contributed by atoms with Gasteiger partial charge in [0.25, 0.3) is 0 Å². The molecule has 1 aromatic rings. The number of rotatable bonds is 6. The molecule has 0 aliphatic rings. The molecule has 0 spiro atoms. The average molecular weight is 226 g/mol. The van der Waals surface area contributed by atoms with Crippen LogP contribution >= 0.6 is 0 Å². The van der Waals surface area contributed by atoms with E-state index in [4.69, 9.17) is 4.84 Å². The molecule has 0 saturated heterocycles. The van der Waals surface area contributed by atoms with Gasteiger partial charge in [0.1, 0.15) is 24.5 Å². The first-order chi connectivity index (χ1) is 7.75. The molecule has 2 nitrogen and oxygen atoms in total. The van der Waals surface area contributed by atoms with Crippen LogP contribution in [0, 0.1) is 11.6 Å². The Morgan fingerprint density at radius 3 is 2.62 bits per heavy atom. The van der Waals surface area contributed by atoms with Crippen LogP contribution in [0.2, 0.25) is 0 Å². The summed E-state index contributed by atoms with van der Waals surface area (Å²) in [6, 6.07) is 3.68. The number of halogens is 2. The van der Waals surface area contributed by atoms with E-state index in [1.807, 2.05) is 0 Å². The van der Waals surface area contributed by atoms with Crippen LogP contribution in [0.15, 0.2) is 23.4 Å². The van der Waals surface area contributed by atoms with Crippen molar-refractivity contribution in [1.82, 2.24) is 0 Å². The second kappa shape index (κ2) is 6.93. The van der Waals surface area contributed by atoms with Crippen LogP contribution in [0.5, 0.6) is 0 Å². The van der Waals surface area contributed by atoms with E-state index in [0.29, 0.717) is 6.42 Å². The molecule has 0 aliphatic heterocycles. The molecule has 87 valence electrons. The fraction of sp³-hybridized carbons (Fsp3) is 0.417. The Morgan fingerprint density at radius 1 is 1.31 bits per heavy atom. The predicted octanol–water partition coefficient (Wildman–Crippen LogP) is 3.53. The van der Waals surface area contributed by atoms with Crippen LogP contribution in [-0.4, -0.2) is 6.21 Å². The summed E-state index contributed by atoms with van der Waals surface area (Å²) in [6.07, 6.45) is 5.36. The summed E-state index contributed by atoms with van der Waals surface area (Å²) in [4.78, 5) is 4.76. The highest BCUT2D eigenvalue weighted by Crippen LogP contribution is 2.12. The predicted molar refractivity (Wildman–Crippen MR) is 58.1 cm³/mol. The second-order valence-electron chi connectivity index (χ2n) is 3.33. The van der Waals surface area contributed by atoms with Crippen molar-refractivity contribution in [2.75, 3.05) is 0 Å². The van der Waals surface area contributed by atoms with Gasteiger partial charge in [-0.25, -0.2) is 8.78 Å². The van der Waals surface area contributed by atoms with Crippen molar-refractivity contribution in [3.05, 3.63) is 35.4 Å². The number of unbranched alkanes of at least 4 members (excludes halogenated alkanes) is 2. The molecular weight excluding hydrogens is 212 g/mol. The lowest BCUT2D eigenvalue weighted by Crippen LogP contribution is -1.96. The molecule has 0 N–H and O–H groups in total. The number of hydrogen-bond donors (Lipinski definition) is 0. The maximum absolute atomic E-state index is 13.1. The Morgan fingerprint density at radius 2 is 2.00 bits per heavy atom. The zero-order valence-electron chi connectivity index (χ0n) is 9.17. The Kier molecular flexibility index (Phi) is 5.46. The highest BCUT2D eigenvalue weighted by atomic mass is 19.1. The van der Waals surface area contributed by atoms with Gasteiger partial charge in [-0.2, -0.15) is 0 Å². The SMILES string of the molecule is CCCC/[C]=N/OCc1c(F)cccc1F. The van der Waals surface area contributed by atoms with E-state index in [0.717, 1.165) is 12.8 Å². The van der Waals surface area contributed by atoms with E-state index < -0.39 is 11.6 Å². The van der Waals surface area contributed by atoms with E-state index in [-0.39, 0.29) is 12.2 Å². The first-order valence-electron chi connectivity index (χ1n) is 5.23. The normalized spacial score (nSPS) is 10.9. The van der Waals surface area contributed by atoms with Gasteiger partial charge < -0.3 is 4.84 Å². The van der Waals surface area contributed by atoms with Crippen molar-refractivity contribution in [3.8, 4) is 0 Å². The van der Waals surface area contributed by atoms with Crippen LogP contribution in [0.4, 0.5) is 8.78 Å². The van der Waals surface area contributed by atoms with Gasteiger partial charge in [0.2, 0.25) is 0 Å². The molecular formula is C12H14F2NO. The third kappa shape index (κ3) is 3.96. The Balaban J connectivity index is 2.40. The quantitative estimate of drug-likeness (QED) is 0.413. The minimum atomic E-state index is -0.622. The van der Waals surface area contributed by atoms with Gasteiger partial charge in [-0.1, -0.05) is 24.6 Å². The molecule has 0 unspecified atom stereocenters. The molecule has 0 aliphatic carbocycles. The second-order valence-corrected chi connectivity index (χ2v) is 3.33. The fourth-order valence-electron chi connectivity index (χ4n) is 1.11. The molecule has 0 saturated carbocycles. The van der Waals surface area contributed by atoms with Gasteiger partial charge in [-0.05, 0) is 25.0 Å². The minimum Gasteiger partial charge on any atom is -0.390 e. The standard InChI is InChI=1S/C12H14F2NO/c1-2-3-4-8-15-16-9-10-11(13)6-5-7-12(10)14/h5-7H,2-4,9H2,1H3. The van der Waals surface area contributed by atoms with Gasteiger partial charge >= 0.3 is 0 Å². The third-order valence-corrected chi connectivity index (χ3v) is 2.04. The van der Waals surface area contributed by atoms with Gasteiger partial charge in [0, 0.05) is 0 Å². The Bertz CT molecular complexity index is 333. The summed E-state index contributed by atoms with van der Waals surface area (Å²) < 4.78 is 26.2. The Hall–Kier alpha value is -1.45. The molecule has 1 rings (SSSR count). The third-order valence-electron chi connectivity index (χ3n) is 2.04. The van der Waals surface area contributed by atoms with Crippen molar-refractivity contribution in [2.24, 2.45) is 5.16 Å². The van der Waals surface area contributed by atoms with Crippen molar-refractivity contribution in [2.45, 2.75) is 32.8 Å². The molecule has 0 atom stereocenters. The van der Waals surface area contributed by atoms with E-state index in [9.17, 15) is 8.78 Å². The molecule has 1 aromatic carbocycles. The lowest BCUT2D eigenvalue weighted by molar-refractivity contribution is 0.126. The topological polar surface area (TPSA) is 21.6 Å². The maximum Gasteiger partial charge on any atom is 0.148 e. The summed E-state index contributed by atoms with van der Waals surface area (Å²) >= 11 is 0. The minimum absolute atomic E-state index is 0.108. The molecule has 4 heteroatoms. The highest BCUT2D eigenvalue weighted by molar-refractivity contribution is 5.56. The van der Waals surface area contributed by atoms with Crippen molar-refractivity contribution in [3.63, 3.8) is 0 Å². The molecule has 1 radical (unpaired) electrons. The van der Waals surface area contributed by atoms with Crippen molar-refractivity contribution >= 4 is 6.21 Å². The molecule has 0 bridgehead atoms. The average Bonchev–Trinajstić information content (AvgIpc) is 2.26. The zero-order valence-corrected chi connectivity index (χ0v) is 9.17. The van der Waals surface area contributed by atoms with Crippen LogP contribution in [-0.2, 0) is 11.4 Å². The van der Waals surface area contributed by atoms with Crippen LogP contribution < -0.4 is 0 Å². The lowest BCUT2D eigenvalue weighted by Gasteiger charge is -2.02. The van der Waals surface area contributed by atoms with E-state index >= 15 is 0 Å². The van der Waals surface area contributed by atoms with Crippen LogP contribution in [0.25, 0.3) is 0 Å². The number of benzene rings is 1. The summed E-state index contributed by atoms with van der Waals surface area (Å²) in [5, 5.41) is 3.50. The van der Waals surface area contributed by atoms with Crippen LogP contribution in [0.1, 0.15) is 31.7 Å². The monoisotopic (exact) mass is 226 g/mol. The van der Waals surface area contributed by atoms with E-state index in [1.54, 1.807) is 0 Å². The zero-order chi connectivity index (χ0) is 11.8. The summed E-state index contributed by atoms with van der Waals surface area (Å²) in [6.45, 7) is 1.84. The van der Waals surface area contributed by atoms with Crippen LogP contribution in [0.3, 0.4) is 0 Å². The van der Waals surface area contributed by atoms with Gasteiger partial charge in [-0.15, -0.1) is 0 Å². The number of hydrogen-bond acceptors (Lipinski definition) is 2. The van der Waals surface area contributed by atoms with Gasteiger partial charge in [0.05, 0.1) is 5.56 Å². The van der Waals surface area contributed by atoms with Gasteiger partial charge in [-0.3, -0.25) is 0 Å². The van der Waals surface area contributed by atoms with Crippen molar-refractivity contribution in [1.29, 1.82) is 0 Å². The largest absolute Gasteiger partial charge is 0.390 e. The fourth-order valence-corrected chi connectivity index (χ4v) is 1.11. The molecule has 0 aromatic heterocycles. The van der Waals surface area contributed by atoms with E-state index in [2.05, 4.69) is 18.3 Å². The smallest absolute Gasteiger partial charge is 0.148 e.